The zero-order valence-electron chi connectivity index (χ0n) is 10.9. The van der Waals surface area contributed by atoms with Crippen molar-refractivity contribution >= 4 is 11.7 Å². The van der Waals surface area contributed by atoms with Crippen molar-refractivity contribution in [2.24, 2.45) is 0 Å². The molecule has 0 atom stereocenters. The normalized spacial score (nSPS) is 11.1. The largest absolute Gasteiger partial charge is 0.366 e. The van der Waals surface area contributed by atoms with Crippen LogP contribution in [0.15, 0.2) is 24.5 Å². The predicted octanol–water partition coefficient (Wildman–Crippen LogP) is 1.20. The molecule has 0 spiro atoms. The molecule has 5 nitrogen and oxygen atoms in total. The summed E-state index contributed by atoms with van der Waals surface area (Å²) < 4.78 is 5.30. The molecule has 0 aliphatic heterocycles. The number of pyridine rings is 1. The number of Topliss-reactive ketones (excluding diaryl/α,β-unsaturated/α-hetero) is 1. The number of ether oxygens (including phenoxy) is 1. The van der Waals surface area contributed by atoms with E-state index in [-0.39, 0.29) is 30.4 Å². The van der Waals surface area contributed by atoms with Crippen LogP contribution < -0.4 is 5.32 Å². The van der Waals surface area contributed by atoms with Gasteiger partial charge in [-0.15, -0.1) is 0 Å². The van der Waals surface area contributed by atoms with E-state index in [0.29, 0.717) is 5.56 Å². The SMILES string of the molecule is CC(C)(C)OCC(=O)NCC(=O)c1ccncc1. The van der Waals surface area contributed by atoms with E-state index >= 15 is 0 Å². The van der Waals surface area contributed by atoms with Gasteiger partial charge in [0.1, 0.15) is 6.61 Å². The summed E-state index contributed by atoms with van der Waals surface area (Å²) in [7, 11) is 0. The number of hydrogen-bond donors (Lipinski definition) is 1. The van der Waals surface area contributed by atoms with Crippen molar-refractivity contribution in [1.29, 1.82) is 0 Å². The minimum atomic E-state index is -0.369. The third kappa shape index (κ3) is 5.54. The Morgan fingerprint density at radius 3 is 2.44 bits per heavy atom. The lowest BCUT2D eigenvalue weighted by atomic mass is 10.2. The third-order valence-electron chi connectivity index (χ3n) is 2.08. The van der Waals surface area contributed by atoms with Crippen molar-refractivity contribution in [3.05, 3.63) is 30.1 Å². The molecule has 0 saturated heterocycles. The second-order valence-electron chi connectivity index (χ2n) is 4.84. The molecule has 98 valence electrons. The molecule has 0 unspecified atom stereocenters. The second-order valence-corrected chi connectivity index (χ2v) is 4.84. The highest BCUT2D eigenvalue weighted by Gasteiger charge is 2.13. The van der Waals surface area contributed by atoms with Crippen LogP contribution in [0.1, 0.15) is 31.1 Å². The van der Waals surface area contributed by atoms with Crippen molar-refractivity contribution in [2.45, 2.75) is 26.4 Å². The molecule has 5 heteroatoms. The molecule has 1 aromatic heterocycles. The molecule has 0 aliphatic rings. The van der Waals surface area contributed by atoms with E-state index in [1.807, 2.05) is 20.8 Å². The molecule has 0 bridgehead atoms. The van der Waals surface area contributed by atoms with E-state index in [0.717, 1.165) is 0 Å². The number of aromatic nitrogens is 1. The highest BCUT2D eigenvalue weighted by molar-refractivity contribution is 5.99. The molecule has 18 heavy (non-hydrogen) atoms. The molecule has 1 rings (SSSR count). The summed E-state index contributed by atoms with van der Waals surface area (Å²) in [5.74, 6) is -0.450. The lowest BCUT2D eigenvalue weighted by molar-refractivity contribution is -0.130. The minimum Gasteiger partial charge on any atom is -0.366 e. The van der Waals surface area contributed by atoms with Gasteiger partial charge in [0.2, 0.25) is 5.91 Å². The summed E-state index contributed by atoms with van der Waals surface area (Å²) >= 11 is 0. The van der Waals surface area contributed by atoms with E-state index in [1.54, 1.807) is 12.1 Å². The van der Waals surface area contributed by atoms with Crippen LogP contribution >= 0.6 is 0 Å². The van der Waals surface area contributed by atoms with Gasteiger partial charge in [-0.1, -0.05) is 0 Å². The highest BCUT2D eigenvalue weighted by Crippen LogP contribution is 2.05. The maximum atomic E-state index is 11.7. The quantitative estimate of drug-likeness (QED) is 0.797. The van der Waals surface area contributed by atoms with Crippen LogP contribution in [0.25, 0.3) is 0 Å². The van der Waals surface area contributed by atoms with Crippen LogP contribution in [-0.2, 0) is 9.53 Å². The van der Waals surface area contributed by atoms with Crippen LogP contribution in [0.3, 0.4) is 0 Å². The number of ketones is 1. The molecular formula is C13H18N2O3. The highest BCUT2D eigenvalue weighted by atomic mass is 16.5. The minimum absolute atomic E-state index is 0.0314. The van der Waals surface area contributed by atoms with Gasteiger partial charge in [0.05, 0.1) is 12.1 Å². The average Bonchev–Trinajstić information content (AvgIpc) is 2.33. The summed E-state index contributed by atoms with van der Waals surface area (Å²) in [4.78, 5) is 26.9. The molecule has 0 aromatic carbocycles. The van der Waals surface area contributed by atoms with E-state index in [9.17, 15) is 9.59 Å². The maximum absolute atomic E-state index is 11.7. The number of nitrogens with zero attached hydrogens (tertiary/aromatic N) is 1. The molecule has 1 amide bonds. The van der Waals surface area contributed by atoms with Crippen LogP contribution in [0.4, 0.5) is 0 Å². The molecule has 0 saturated carbocycles. The second kappa shape index (κ2) is 6.26. The van der Waals surface area contributed by atoms with E-state index in [2.05, 4.69) is 10.3 Å². The number of amides is 1. The van der Waals surface area contributed by atoms with E-state index < -0.39 is 0 Å². The summed E-state index contributed by atoms with van der Waals surface area (Å²) in [6.45, 7) is 5.51. The van der Waals surface area contributed by atoms with Gasteiger partial charge in [0, 0.05) is 18.0 Å². The predicted molar refractivity (Wildman–Crippen MR) is 67.3 cm³/mol. The fraction of sp³-hybridized carbons (Fsp3) is 0.462. The summed E-state index contributed by atoms with van der Waals surface area (Å²) in [5, 5.41) is 2.52. The molecular weight excluding hydrogens is 232 g/mol. The molecule has 0 fully saturated rings. The van der Waals surface area contributed by atoms with Gasteiger partial charge in [0.15, 0.2) is 5.78 Å². The molecule has 1 N–H and O–H groups in total. The first kappa shape index (κ1) is 14.3. The summed E-state index contributed by atoms with van der Waals surface area (Å²) in [6, 6.07) is 3.22. The maximum Gasteiger partial charge on any atom is 0.246 e. The molecule has 1 heterocycles. The summed E-state index contributed by atoms with van der Waals surface area (Å²) in [5.41, 5.74) is 0.161. The van der Waals surface area contributed by atoms with Gasteiger partial charge in [-0.2, -0.15) is 0 Å². The first-order valence-electron chi connectivity index (χ1n) is 5.72. The van der Waals surface area contributed by atoms with Crippen LogP contribution in [-0.4, -0.2) is 35.4 Å². The Labute approximate surface area is 107 Å². The lowest BCUT2D eigenvalue weighted by Crippen LogP contribution is -2.35. The molecule has 0 aliphatic carbocycles. The van der Waals surface area contributed by atoms with Gasteiger partial charge in [0.25, 0.3) is 0 Å². The number of carbonyl (C=O) groups is 2. The van der Waals surface area contributed by atoms with Crippen molar-refractivity contribution in [3.8, 4) is 0 Å². The standard InChI is InChI=1S/C13H18N2O3/c1-13(2,3)18-9-12(17)15-8-11(16)10-4-6-14-7-5-10/h4-7H,8-9H2,1-3H3,(H,15,17). The Hall–Kier alpha value is -1.75. The fourth-order valence-corrected chi connectivity index (χ4v) is 1.15. The van der Waals surface area contributed by atoms with Gasteiger partial charge in [-0.05, 0) is 32.9 Å². The van der Waals surface area contributed by atoms with Crippen LogP contribution in [0, 0.1) is 0 Å². The topological polar surface area (TPSA) is 68.3 Å². The Morgan fingerprint density at radius 2 is 1.89 bits per heavy atom. The first-order chi connectivity index (χ1) is 8.38. The van der Waals surface area contributed by atoms with Crippen molar-refractivity contribution in [3.63, 3.8) is 0 Å². The number of rotatable bonds is 5. The number of nitrogens with one attached hydrogen (secondary N) is 1. The number of carbonyl (C=O) groups excluding carboxylic acids is 2. The monoisotopic (exact) mass is 250 g/mol. The van der Waals surface area contributed by atoms with Gasteiger partial charge < -0.3 is 10.1 Å². The Morgan fingerprint density at radius 1 is 1.28 bits per heavy atom. The zero-order chi connectivity index (χ0) is 13.6. The Balaban J connectivity index is 2.33. The Bertz CT molecular complexity index is 410. The fourth-order valence-electron chi connectivity index (χ4n) is 1.15. The zero-order valence-corrected chi connectivity index (χ0v) is 10.9. The first-order valence-corrected chi connectivity index (χ1v) is 5.72. The van der Waals surface area contributed by atoms with Crippen molar-refractivity contribution < 1.29 is 14.3 Å². The van der Waals surface area contributed by atoms with Crippen LogP contribution in [0.2, 0.25) is 0 Å². The van der Waals surface area contributed by atoms with E-state index in [1.165, 1.54) is 12.4 Å². The Kier molecular flexibility index (Phi) is 4.97. The van der Waals surface area contributed by atoms with E-state index in [4.69, 9.17) is 4.74 Å². The van der Waals surface area contributed by atoms with Crippen LogP contribution in [0.5, 0.6) is 0 Å². The van der Waals surface area contributed by atoms with Gasteiger partial charge in [-0.25, -0.2) is 0 Å². The van der Waals surface area contributed by atoms with Crippen molar-refractivity contribution in [1.82, 2.24) is 10.3 Å². The van der Waals surface area contributed by atoms with Gasteiger partial charge in [-0.3, -0.25) is 14.6 Å². The smallest absolute Gasteiger partial charge is 0.246 e. The average molecular weight is 250 g/mol. The summed E-state index contributed by atoms with van der Waals surface area (Å²) in [6.07, 6.45) is 3.08. The lowest BCUT2D eigenvalue weighted by Gasteiger charge is -2.18. The molecule has 0 radical (unpaired) electrons. The number of hydrogen-bond acceptors (Lipinski definition) is 4. The van der Waals surface area contributed by atoms with Gasteiger partial charge >= 0.3 is 0 Å². The molecule has 1 aromatic rings. The van der Waals surface area contributed by atoms with Crippen molar-refractivity contribution in [2.75, 3.05) is 13.2 Å². The third-order valence-corrected chi connectivity index (χ3v) is 2.08.